The van der Waals surface area contributed by atoms with Crippen LogP contribution < -0.4 is 16.0 Å². The maximum Gasteiger partial charge on any atom is 0.225 e. The minimum absolute atomic E-state index is 0. The van der Waals surface area contributed by atoms with Gasteiger partial charge in [-0.15, -0.1) is 24.8 Å². The molecule has 0 saturated carbocycles. The van der Waals surface area contributed by atoms with E-state index in [0.717, 1.165) is 35.2 Å². The Hall–Kier alpha value is -2.79. The first kappa shape index (κ1) is 24.5. The summed E-state index contributed by atoms with van der Waals surface area (Å²) in [7, 11) is 0. The van der Waals surface area contributed by atoms with Crippen LogP contribution in [0, 0.1) is 0 Å². The van der Waals surface area contributed by atoms with Gasteiger partial charge < -0.3 is 16.0 Å². The van der Waals surface area contributed by atoms with Gasteiger partial charge in [-0.05, 0) is 22.9 Å². The van der Waals surface area contributed by atoms with Crippen molar-refractivity contribution in [3.8, 4) is 0 Å². The van der Waals surface area contributed by atoms with Crippen LogP contribution in [0.1, 0.15) is 6.42 Å². The number of nitrogens with one attached hydrogen (secondary N) is 3. The lowest BCUT2D eigenvalue weighted by atomic mass is 10.1. The van der Waals surface area contributed by atoms with E-state index in [2.05, 4.69) is 70.5 Å². The molecule has 0 atom stereocenters. The molecule has 4 aromatic rings. The summed E-state index contributed by atoms with van der Waals surface area (Å²) in [6.45, 7) is 2.25. The first-order valence-electron chi connectivity index (χ1n) is 10.0. The molecule has 4 nitrogen and oxygen atoms in total. The lowest BCUT2D eigenvalue weighted by Crippen LogP contribution is -2.26. The zero-order valence-corrected chi connectivity index (χ0v) is 18.8. The molecule has 1 amide bonds. The average molecular weight is 456 g/mol. The van der Waals surface area contributed by atoms with Gasteiger partial charge in [0.25, 0.3) is 0 Å². The van der Waals surface area contributed by atoms with Crippen LogP contribution in [-0.2, 0) is 4.79 Å². The van der Waals surface area contributed by atoms with Gasteiger partial charge in [0.15, 0.2) is 0 Å². The molecule has 0 fully saturated rings. The van der Waals surface area contributed by atoms with Crippen LogP contribution in [0.2, 0.25) is 0 Å². The number of fused-ring (bicyclic) bond motifs is 2. The first-order chi connectivity index (χ1) is 14.3. The highest BCUT2D eigenvalue weighted by molar-refractivity contribution is 6.02. The van der Waals surface area contributed by atoms with E-state index in [1.165, 1.54) is 10.8 Å². The molecule has 3 N–H and O–H groups in total. The molecule has 4 aromatic carbocycles. The molecule has 0 aliphatic heterocycles. The van der Waals surface area contributed by atoms with E-state index >= 15 is 0 Å². The van der Waals surface area contributed by atoms with Crippen molar-refractivity contribution in [3.05, 3.63) is 84.9 Å². The standard InChI is InChI=1S/C25H25N3O.2ClH/c29-25(28-24-14-6-10-20-8-2-4-12-22(20)24)15-16-26-17-18-27-23-13-5-9-19-7-1-3-11-21(19)23;;/h1-14,26-27H,15-18H2,(H,28,29);2*1H. The molecule has 0 aromatic heterocycles. The smallest absolute Gasteiger partial charge is 0.225 e. The average Bonchev–Trinajstić information content (AvgIpc) is 2.76. The summed E-state index contributed by atoms with van der Waals surface area (Å²) in [6, 6.07) is 28.7. The van der Waals surface area contributed by atoms with Crippen LogP contribution >= 0.6 is 24.8 Å². The maximum atomic E-state index is 12.3. The Morgan fingerprint density at radius 2 is 1.16 bits per heavy atom. The topological polar surface area (TPSA) is 53.2 Å². The number of rotatable bonds is 8. The molecule has 4 rings (SSSR count). The van der Waals surface area contributed by atoms with Crippen molar-refractivity contribution in [1.82, 2.24) is 5.32 Å². The van der Waals surface area contributed by atoms with Crippen molar-refractivity contribution in [3.63, 3.8) is 0 Å². The van der Waals surface area contributed by atoms with Crippen LogP contribution in [0.15, 0.2) is 84.9 Å². The van der Waals surface area contributed by atoms with Crippen molar-refractivity contribution in [1.29, 1.82) is 0 Å². The maximum absolute atomic E-state index is 12.3. The molecule has 0 saturated heterocycles. The number of carbonyl (C=O) groups excluding carboxylic acids is 1. The van der Waals surface area contributed by atoms with Crippen LogP contribution in [0.4, 0.5) is 11.4 Å². The van der Waals surface area contributed by atoms with E-state index in [9.17, 15) is 4.79 Å². The molecule has 0 unspecified atom stereocenters. The first-order valence-corrected chi connectivity index (χ1v) is 10.0. The van der Waals surface area contributed by atoms with Crippen LogP contribution in [0.5, 0.6) is 0 Å². The minimum atomic E-state index is 0. The van der Waals surface area contributed by atoms with Crippen molar-refractivity contribution in [2.45, 2.75) is 6.42 Å². The highest BCUT2D eigenvalue weighted by Gasteiger charge is 2.05. The molecule has 0 radical (unpaired) electrons. The van der Waals surface area contributed by atoms with Gasteiger partial charge >= 0.3 is 0 Å². The number of halogens is 2. The quantitative estimate of drug-likeness (QED) is 0.291. The van der Waals surface area contributed by atoms with E-state index in [1.54, 1.807) is 0 Å². The van der Waals surface area contributed by atoms with Gasteiger partial charge in [0.05, 0.1) is 0 Å². The fourth-order valence-corrected chi connectivity index (χ4v) is 3.54. The molecular formula is C25H27Cl2N3O. The van der Waals surface area contributed by atoms with E-state index in [-0.39, 0.29) is 30.7 Å². The molecule has 0 aliphatic carbocycles. The predicted molar refractivity (Wildman–Crippen MR) is 137 cm³/mol. The van der Waals surface area contributed by atoms with Crippen LogP contribution in [-0.4, -0.2) is 25.5 Å². The zero-order valence-electron chi connectivity index (χ0n) is 17.1. The minimum Gasteiger partial charge on any atom is -0.383 e. The summed E-state index contributed by atoms with van der Waals surface area (Å²) in [5.41, 5.74) is 2.00. The van der Waals surface area contributed by atoms with Gasteiger partial charge in [-0.3, -0.25) is 4.79 Å². The van der Waals surface area contributed by atoms with Crippen molar-refractivity contribution in [2.24, 2.45) is 0 Å². The Kier molecular flexibility index (Phi) is 9.60. The summed E-state index contributed by atoms with van der Waals surface area (Å²) in [5, 5.41) is 14.5. The third-order valence-corrected chi connectivity index (χ3v) is 5.00. The van der Waals surface area contributed by atoms with Gasteiger partial charge in [0.2, 0.25) is 5.91 Å². The Bertz CT molecular complexity index is 1120. The second-order valence-electron chi connectivity index (χ2n) is 7.03. The normalized spacial score (nSPS) is 10.2. The fraction of sp³-hybridized carbons (Fsp3) is 0.160. The number of amides is 1. The van der Waals surface area contributed by atoms with Gasteiger partial charge in [-0.2, -0.15) is 0 Å². The lowest BCUT2D eigenvalue weighted by molar-refractivity contribution is -0.116. The van der Waals surface area contributed by atoms with E-state index in [0.29, 0.717) is 13.0 Å². The molecule has 0 spiro atoms. The number of hydrogen-bond donors (Lipinski definition) is 3. The Labute approximate surface area is 195 Å². The SMILES string of the molecule is Cl.Cl.O=C(CCNCCNc1cccc2ccccc12)Nc1cccc2ccccc12. The van der Waals surface area contributed by atoms with Gasteiger partial charge in [0.1, 0.15) is 0 Å². The number of benzene rings is 4. The number of anilines is 2. The van der Waals surface area contributed by atoms with E-state index in [1.807, 2.05) is 30.3 Å². The largest absolute Gasteiger partial charge is 0.383 e. The Morgan fingerprint density at radius 1 is 0.613 bits per heavy atom. The van der Waals surface area contributed by atoms with E-state index in [4.69, 9.17) is 0 Å². The summed E-state index contributed by atoms with van der Waals surface area (Å²) < 4.78 is 0. The summed E-state index contributed by atoms with van der Waals surface area (Å²) in [5.74, 6) is 0.0239. The zero-order chi connectivity index (χ0) is 19.9. The van der Waals surface area contributed by atoms with Gasteiger partial charge in [-0.1, -0.05) is 72.8 Å². The molecule has 6 heteroatoms. The molecule has 0 heterocycles. The monoisotopic (exact) mass is 455 g/mol. The van der Waals surface area contributed by atoms with E-state index < -0.39 is 0 Å². The second-order valence-corrected chi connectivity index (χ2v) is 7.03. The lowest BCUT2D eigenvalue weighted by Gasteiger charge is -2.11. The molecule has 0 aliphatic rings. The summed E-state index contributed by atoms with van der Waals surface area (Å²) in [6.07, 6.45) is 0.442. The van der Waals surface area contributed by atoms with Crippen molar-refractivity contribution in [2.75, 3.05) is 30.3 Å². The second kappa shape index (κ2) is 12.2. The van der Waals surface area contributed by atoms with Crippen LogP contribution in [0.25, 0.3) is 21.5 Å². The van der Waals surface area contributed by atoms with Gasteiger partial charge in [0, 0.05) is 48.2 Å². The number of hydrogen-bond acceptors (Lipinski definition) is 3. The van der Waals surface area contributed by atoms with Crippen molar-refractivity contribution >= 4 is 63.6 Å². The fourth-order valence-electron chi connectivity index (χ4n) is 3.54. The highest BCUT2D eigenvalue weighted by Crippen LogP contribution is 2.23. The van der Waals surface area contributed by atoms with Gasteiger partial charge in [-0.25, -0.2) is 0 Å². The third-order valence-electron chi connectivity index (χ3n) is 5.00. The molecule has 0 bridgehead atoms. The highest BCUT2D eigenvalue weighted by atomic mass is 35.5. The van der Waals surface area contributed by atoms with Crippen LogP contribution in [0.3, 0.4) is 0 Å². The predicted octanol–water partition coefficient (Wildman–Crippen LogP) is 5.87. The Morgan fingerprint density at radius 3 is 1.84 bits per heavy atom. The summed E-state index contributed by atoms with van der Waals surface area (Å²) >= 11 is 0. The number of carbonyl (C=O) groups is 1. The third kappa shape index (κ3) is 6.34. The molecule has 31 heavy (non-hydrogen) atoms. The molecular weight excluding hydrogens is 429 g/mol. The Balaban J connectivity index is 0.00000171. The summed E-state index contributed by atoms with van der Waals surface area (Å²) in [4.78, 5) is 12.3. The molecule has 162 valence electrons. The van der Waals surface area contributed by atoms with Crippen molar-refractivity contribution < 1.29 is 4.79 Å².